The molecule has 3 nitrogen and oxygen atoms in total. The third-order valence-electron chi connectivity index (χ3n) is 3.34. The summed E-state index contributed by atoms with van der Waals surface area (Å²) in [6, 6.07) is 14.4. The van der Waals surface area contributed by atoms with E-state index in [4.69, 9.17) is 0 Å². The molecule has 0 aliphatic rings. The largest absolute Gasteiger partial charge is 0.307 e. The Morgan fingerprint density at radius 2 is 2.05 bits per heavy atom. The third-order valence-corrected chi connectivity index (χ3v) is 3.83. The van der Waals surface area contributed by atoms with Crippen LogP contribution in [-0.4, -0.2) is 9.38 Å². The maximum Gasteiger partial charge on any atom is 0.137 e. The minimum atomic E-state index is 0.809. The molecular formula is C16H16BrN3. The molecule has 0 aliphatic carbocycles. The number of aryl methyl sites for hydroxylation is 1. The van der Waals surface area contributed by atoms with Crippen molar-refractivity contribution in [2.45, 2.75) is 20.0 Å². The van der Waals surface area contributed by atoms with Crippen LogP contribution in [0, 0.1) is 6.92 Å². The lowest BCUT2D eigenvalue weighted by Crippen LogP contribution is -2.14. The molecule has 0 radical (unpaired) electrons. The molecule has 3 aromatic rings. The molecule has 0 saturated heterocycles. The summed E-state index contributed by atoms with van der Waals surface area (Å²) in [5.41, 5.74) is 4.57. The first-order valence-corrected chi connectivity index (χ1v) is 7.41. The fraction of sp³-hybridized carbons (Fsp3) is 0.188. The van der Waals surface area contributed by atoms with Gasteiger partial charge in [-0.05, 0) is 36.8 Å². The van der Waals surface area contributed by atoms with Crippen LogP contribution in [0.5, 0.6) is 0 Å². The Bertz CT molecular complexity index is 733. The lowest BCUT2D eigenvalue weighted by molar-refractivity contribution is 0.672. The predicted molar refractivity (Wildman–Crippen MR) is 84.6 cm³/mol. The number of benzene rings is 1. The van der Waals surface area contributed by atoms with Gasteiger partial charge in [0, 0.05) is 23.8 Å². The van der Waals surface area contributed by atoms with Crippen molar-refractivity contribution in [3.05, 3.63) is 70.1 Å². The van der Waals surface area contributed by atoms with Crippen molar-refractivity contribution in [1.29, 1.82) is 0 Å². The monoisotopic (exact) mass is 329 g/mol. The molecule has 0 bridgehead atoms. The summed E-state index contributed by atoms with van der Waals surface area (Å²) in [5.74, 6) is 0. The minimum absolute atomic E-state index is 0.809. The van der Waals surface area contributed by atoms with Crippen LogP contribution in [0.4, 0.5) is 0 Å². The summed E-state index contributed by atoms with van der Waals surface area (Å²) < 4.78 is 3.26. The lowest BCUT2D eigenvalue weighted by Gasteiger charge is -2.06. The molecule has 0 atom stereocenters. The smallest absolute Gasteiger partial charge is 0.137 e. The molecule has 1 N–H and O–H groups in total. The average molecular weight is 330 g/mol. The number of pyridine rings is 1. The predicted octanol–water partition coefficient (Wildman–Crippen LogP) is 3.70. The van der Waals surface area contributed by atoms with Crippen molar-refractivity contribution in [3.63, 3.8) is 0 Å². The van der Waals surface area contributed by atoms with Gasteiger partial charge in [0.25, 0.3) is 0 Å². The summed E-state index contributed by atoms with van der Waals surface area (Å²) in [4.78, 5) is 4.57. The van der Waals surface area contributed by atoms with Gasteiger partial charge in [0.2, 0.25) is 0 Å². The van der Waals surface area contributed by atoms with Crippen molar-refractivity contribution in [1.82, 2.24) is 14.7 Å². The average Bonchev–Trinajstić information content (AvgIpc) is 2.75. The number of imidazole rings is 1. The first-order chi connectivity index (χ1) is 9.74. The number of hydrogen-bond acceptors (Lipinski definition) is 2. The second-order valence-electron chi connectivity index (χ2n) is 4.81. The van der Waals surface area contributed by atoms with Gasteiger partial charge < -0.3 is 9.72 Å². The van der Waals surface area contributed by atoms with E-state index in [0.29, 0.717) is 0 Å². The summed E-state index contributed by atoms with van der Waals surface area (Å²) in [6.07, 6.45) is 2.06. The van der Waals surface area contributed by atoms with Crippen LogP contribution in [0.25, 0.3) is 5.65 Å². The normalized spacial score (nSPS) is 11.1. The van der Waals surface area contributed by atoms with E-state index in [9.17, 15) is 0 Å². The van der Waals surface area contributed by atoms with Crippen LogP contribution >= 0.6 is 15.9 Å². The highest BCUT2D eigenvalue weighted by Gasteiger charge is 2.07. The summed E-state index contributed by atoms with van der Waals surface area (Å²) in [7, 11) is 0. The number of hydrogen-bond donors (Lipinski definition) is 1. The number of halogens is 1. The quantitative estimate of drug-likeness (QED) is 0.790. The highest BCUT2D eigenvalue weighted by Crippen LogP contribution is 2.13. The molecule has 0 spiro atoms. The van der Waals surface area contributed by atoms with E-state index in [-0.39, 0.29) is 0 Å². The van der Waals surface area contributed by atoms with Crippen LogP contribution in [0.15, 0.2) is 53.1 Å². The fourth-order valence-electron chi connectivity index (χ4n) is 2.35. The van der Waals surface area contributed by atoms with Gasteiger partial charge in [0.05, 0.1) is 11.4 Å². The topological polar surface area (TPSA) is 29.3 Å². The van der Waals surface area contributed by atoms with Crippen LogP contribution in [0.1, 0.15) is 17.0 Å². The van der Waals surface area contributed by atoms with E-state index in [2.05, 4.69) is 62.0 Å². The van der Waals surface area contributed by atoms with Crippen LogP contribution in [0.3, 0.4) is 0 Å². The molecule has 2 aromatic heterocycles. The van der Waals surface area contributed by atoms with Crippen molar-refractivity contribution >= 4 is 21.6 Å². The van der Waals surface area contributed by atoms with Crippen LogP contribution < -0.4 is 5.32 Å². The highest BCUT2D eigenvalue weighted by atomic mass is 79.9. The zero-order valence-electron chi connectivity index (χ0n) is 11.3. The molecule has 2 heterocycles. The third kappa shape index (κ3) is 2.76. The zero-order valence-corrected chi connectivity index (χ0v) is 12.9. The van der Waals surface area contributed by atoms with E-state index >= 15 is 0 Å². The molecule has 0 amide bonds. The summed E-state index contributed by atoms with van der Waals surface area (Å²) in [6.45, 7) is 3.71. The van der Waals surface area contributed by atoms with Gasteiger partial charge in [0.15, 0.2) is 0 Å². The number of aromatic nitrogens is 2. The van der Waals surface area contributed by atoms with Gasteiger partial charge >= 0.3 is 0 Å². The molecule has 1 aromatic carbocycles. The summed E-state index contributed by atoms with van der Waals surface area (Å²) in [5, 5.41) is 3.48. The van der Waals surface area contributed by atoms with Gasteiger partial charge in [-0.2, -0.15) is 0 Å². The zero-order chi connectivity index (χ0) is 13.9. The Kier molecular flexibility index (Phi) is 3.85. The Balaban J connectivity index is 1.73. The van der Waals surface area contributed by atoms with E-state index in [0.717, 1.165) is 28.9 Å². The van der Waals surface area contributed by atoms with Crippen molar-refractivity contribution in [2.75, 3.05) is 0 Å². The molecule has 4 heteroatoms. The Hall–Kier alpha value is -1.65. The van der Waals surface area contributed by atoms with Gasteiger partial charge in [-0.25, -0.2) is 4.98 Å². The van der Waals surface area contributed by atoms with Crippen LogP contribution in [0.2, 0.25) is 0 Å². The Morgan fingerprint density at radius 3 is 2.90 bits per heavy atom. The lowest BCUT2D eigenvalue weighted by atomic mass is 10.2. The minimum Gasteiger partial charge on any atom is -0.307 e. The molecule has 102 valence electrons. The molecular weight excluding hydrogens is 314 g/mol. The van der Waals surface area contributed by atoms with E-state index in [1.165, 1.54) is 11.3 Å². The van der Waals surface area contributed by atoms with Crippen LogP contribution in [-0.2, 0) is 13.1 Å². The Morgan fingerprint density at radius 1 is 1.15 bits per heavy atom. The highest BCUT2D eigenvalue weighted by molar-refractivity contribution is 9.10. The number of nitrogens with one attached hydrogen (secondary N) is 1. The molecule has 3 rings (SSSR count). The van der Waals surface area contributed by atoms with Gasteiger partial charge in [-0.1, -0.05) is 34.1 Å². The standard InChI is InChI=1S/C16H16BrN3/c1-12-15(20-8-3-2-7-16(20)19-12)11-18-10-13-5-4-6-14(17)9-13/h2-9,18H,10-11H2,1H3. The molecule has 0 saturated carbocycles. The fourth-order valence-corrected chi connectivity index (χ4v) is 2.80. The summed E-state index contributed by atoms with van der Waals surface area (Å²) >= 11 is 3.50. The van der Waals surface area contributed by atoms with E-state index in [1.807, 2.05) is 24.3 Å². The van der Waals surface area contributed by atoms with Crippen molar-refractivity contribution in [2.24, 2.45) is 0 Å². The van der Waals surface area contributed by atoms with Crippen molar-refractivity contribution < 1.29 is 0 Å². The molecule has 0 fully saturated rings. The van der Waals surface area contributed by atoms with E-state index < -0.39 is 0 Å². The SMILES string of the molecule is Cc1nc2ccccn2c1CNCc1cccc(Br)c1. The van der Waals surface area contributed by atoms with Gasteiger partial charge in [-0.15, -0.1) is 0 Å². The molecule has 0 unspecified atom stereocenters. The second kappa shape index (κ2) is 5.77. The maximum atomic E-state index is 4.57. The number of nitrogens with zero attached hydrogens (tertiary/aromatic N) is 2. The van der Waals surface area contributed by atoms with Gasteiger partial charge in [-0.3, -0.25) is 0 Å². The van der Waals surface area contributed by atoms with Crippen molar-refractivity contribution in [3.8, 4) is 0 Å². The first-order valence-electron chi connectivity index (χ1n) is 6.62. The second-order valence-corrected chi connectivity index (χ2v) is 5.72. The number of fused-ring (bicyclic) bond motifs is 1. The van der Waals surface area contributed by atoms with E-state index in [1.54, 1.807) is 0 Å². The van der Waals surface area contributed by atoms with Gasteiger partial charge in [0.1, 0.15) is 5.65 Å². The maximum absolute atomic E-state index is 4.57. The molecule has 20 heavy (non-hydrogen) atoms. The Labute approximate surface area is 126 Å². The number of rotatable bonds is 4. The first kappa shape index (κ1) is 13.3. The molecule has 0 aliphatic heterocycles.